The molecule has 1 atom stereocenters. The average Bonchev–Trinajstić information content (AvgIpc) is 2.41. The van der Waals surface area contributed by atoms with Crippen LogP contribution in [0.25, 0.3) is 0 Å². The zero-order valence-corrected chi connectivity index (χ0v) is 14.2. The van der Waals surface area contributed by atoms with Gasteiger partial charge in [-0.15, -0.1) is 0 Å². The summed E-state index contributed by atoms with van der Waals surface area (Å²) in [6.45, 7) is 10.6. The SMILES string of the molecule is Cc1cc(Br)cc([C@H](CC(C)C)N2CCNCC2)c1O. The highest BCUT2D eigenvalue weighted by atomic mass is 79.9. The third-order valence-corrected chi connectivity index (χ3v) is 4.40. The lowest BCUT2D eigenvalue weighted by Crippen LogP contribution is -2.45. The van der Waals surface area contributed by atoms with Gasteiger partial charge in [0.25, 0.3) is 0 Å². The fraction of sp³-hybridized carbons (Fsp3) is 0.625. The Morgan fingerprint density at radius 1 is 1.30 bits per heavy atom. The van der Waals surface area contributed by atoms with Crippen molar-refractivity contribution in [2.24, 2.45) is 5.92 Å². The third kappa shape index (κ3) is 3.74. The predicted octanol–water partition coefficient (Wildman–Crippen LogP) is 3.46. The Labute approximate surface area is 130 Å². The Morgan fingerprint density at radius 3 is 2.55 bits per heavy atom. The Hall–Kier alpha value is -0.580. The van der Waals surface area contributed by atoms with Gasteiger partial charge in [0.05, 0.1) is 0 Å². The lowest BCUT2D eigenvalue weighted by Gasteiger charge is -2.36. The molecule has 20 heavy (non-hydrogen) atoms. The molecule has 0 aromatic heterocycles. The highest BCUT2D eigenvalue weighted by molar-refractivity contribution is 9.10. The van der Waals surface area contributed by atoms with Crippen LogP contribution in [0.4, 0.5) is 0 Å². The second-order valence-corrected chi connectivity index (χ2v) is 7.01. The summed E-state index contributed by atoms with van der Waals surface area (Å²) >= 11 is 3.56. The maximum Gasteiger partial charge on any atom is 0.123 e. The number of hydrogen-bond donors (Lipinski definition) is 2. The number of halogens is 1. The maximum atomic E-state index is 10.5. The van der Waals surface area contributed by atoms with E-state index in [0.29, 0.717) is 17.7 Å². The summed E-state index contributed by atoms with van der Waals surface area (Å²) < 4.78 is 1.05. The standard InChI is InChI=1S/C16H25BrN2O/c1-11(2)8-15(19-6-4-18-5-7-19)14-10-13(17)9-12(3)16(14)20/h9-11,15,18,20H,4-8H2,1-3H3/t15-/m0/s1. The highest BCUT2D eigenvalue weighted by Gasteiger charge is 2.26. The molecule has 1 heterocycles. The van der Waals surface area contributed by atoms with Crippen LogP contribution in [0.1, 0.15) is 37.4 Å². The molecule has 112 valence electrons. The van der Waals surface area contributed by atoms with Crippen molar-refractivity contribution in [1.82, 2.24) is 10.2 Å². The first-order chi connectivity index (χ1) is 9.49. The molecular formula is C16H25BrN2O. The maximum absolute atomic E-state index is 10.5. The molecule has 0 radical (unpaired) electrons. The minimum Gasteiger partial charge on any atom is -0.507 e. The lowest BCUT2D eigenvalue weighted by atomic mass is 9.93. The summed E-state index contributed by atoms with van der Waals surface area (Å²) in [5.41, 5.74) is 2.01. The first-order valence-corrected chi connectivity index (χ1v) is 8.22. The Balaban J connectivity index is 2.34. The summed E-state index contributed by atoms with van der Waals surface area (Å²) in [6.07, 6.45) is 1.07. The van der Waals surface area contributed by atoms with Crippen molar-refractivity contribution >= 4 is 15.9 Å². The lowest BCUT2D eigenvalue weighted by molar-refractivity contribution is 0.151. The molecule has 2 N–H and O–H groups in total. The van der Waals surface area contributed by atoms with E-state index in [4.69, 9.17) is 0 Å². The molecule has 0 amide bonds. The van der Waals surface area contributed by atoms with Crippen LogP contribution in [0.15, 0.2) is 16.6 Å². The number of piperazine rings is 1. The molecule has 1 saturated heterocycles. The van der Waals surface area contributed by atoms with E-state index in [2.05, 4.69) is 46.1 Å². The van der Waals surface area contributed by atoms with E-state index >= 15 is 0 Å². The molecule has 0 aliphatic carbocycles. The summed E-state index contributed by atoms with van der Waals surface area (Å²) in [4.78, 5) is 2.50. The van der Waals surface area contributed by atoms with Gasteiger partial charge in [0, 0.05) is 42.3 Å². The smallest absolute Gasteiger partial charge is 0.123 e. The molecular weight excluding hydrogens is 316 g/mol. The van der Waals surface area contributed by atoms with Gasteiger partial charge in [-0.2, -0.15) is 0 Å². The van der Waals surface area contributed by atoms with Crippen LogP contribution in [0, 0.1) is 12.8 Å². The van der Waals surface area contributed by atoms with Gasteiger partial charge in [-0.05, 0) is 37.0 Å². The Morgan fingerprint density at radius 2 is 1.95 bits per heavy atom. The van der Waals surface area contributed by atoms with Gasteiger partial charge in [0.15, 0.2) is 0 Å². The number of phenols is 1. The van der Waals surface area contributed by atoms with Gasteiger partial charge < -0.3 is 10.4 Å². The van der Waals surface area contributed by atoms with Gasteiger partial charge in [0.2, 0.25) is 0 Å². The summed E-state index contributed by atoms with van der Waals surface area (Å²) in [7, 11) is 0. The normalized spacial score (nSPS) is 18.4. The van der Waals surface area contributed by atoms with Crippen molar-refractivity contribution in [3.8, 4) is 5.75 Å². The third-order valence-electron chi connectivity index (χ3n) is 3.94. The Bertz CT molecular complexity index is 456. The van der Waals surface area contributed by atoms with Crippen molar-refractivity contribution in [2.75, 3.05) is 26.2 Å². The van der Waals surface area contributed by atoms with E-state index < -0.39 is 0 Å². The highest BCUT2D eigenvalue weighted by Crippen LogP contribution is 2.37. The minimum atomic E-state index is 0.299. The van der Waals surface area contributed by atoms with E-state index in [1.165, 1.54) is 0 Å². The number of aryl methyl sites for hydroxylation is 1. The number of aromatic hydroxyl groups is 1. The molecule has 0 unspecified atom stereocenters. The summed E-state index contributed by atoms with van der Waals surface area (Å²) in [6, 6.07) is 4.36. The number of rotatable bonds is 4. The van der Waals surface area contributed by atoms with E-state index in [1.807, 2.05) is 13.0 Å². The summed E-state index contributed by atoms with van der Waals surface area (Å²) in [5, 5.41) is 13.9. The van der Waals surface area contributed by atoms with Crippen LogP contribution >= 0.6 is 15.9 Å². The monoisotopic (exact) mass is 340 g/mol. The van der Waals surface area contributed by atoms with Gasteiger partial charge in [-0.1, -0.05) is 29.8 Å². The van der Waals surface area contributed by atoms with E-state index in [0.717, 1.165) is 48.2 Å². The second-order valence-electron chi connectivity index (χ2n) is 6.09. The molecule has 0 spiro atoms. The first kappa shape index (κ1) is 15.8. The minimum absolute atomic E-state index is 0.299. The fourth-order valence-corrected chi connectivity index (χ4v) is 3.52. The molecule has 1 aromatic rings. The Kier molecular flexibility index (Phi) is 5.47. The topological polar surface area (TPSA) is 35.5 Å². The van der Waals surface area contributed by atoms with Gasteiger partial charge in [0.1, 0.15) is 5.75 Å². The molecule has 1 aliphatic rings. The molecule has 4 heteroatoms. The van der Waals surface area contributed by atoms with E-state index in [-0.39, 0.29) is 0 Å². The molecule has 1 fully saturated rings. The zero-order chi connectivity index (χ0) is 14.7. The molecule has 2 rings (SSSR count). The van der Waals surface area contributed by atoms with Crippen LogP contribution in [0.2, 0.25) is 0 Å². The summed E-state index contributed by atoms with van der Waals surface area (Å²) in [5.74, 6) is 1.06. The van der Waals surface area contributed by atoms with Crippen molar-refractivity contribution in [2.45, 2.75) is 33.2 Å². The largest absolute Gasteiger partial charge is 0.507 e. The molecule has 3 nitrogen and oxygen atoms in total. The number of hydrogen-bond acceptors (Lipinski definition) is 3. The quantitative estimate of drug-likeness (QED) is 0.880. The van der Waals surface area contributed by atoms with Crippen LogP contribution in [0.3, 0.4) is 0 Å². The number of nitrogens with one attached hydrogen (secondary N) is 1. The second kappa shape index (κ2) is 6.92. The number of benzene rings is 1. The molecule has 1 aromatic carbocycles. The van der Waals surface area contributed by atoms with Crippen molar-refractivity contribution in [3.05, 3.63) is 27.7 Å². The van der Waals surface area contributed by atoms with Crippen LogP contribution in [-0.2, 0) is 0 Å². The van der Waals surface area contributed by atoms with E-state index in [9.17, 15) is 5.11 Å². The molecule has 0 bridgehead atoms. The van der Waals surface area contributed by atoms with Crippen LogP contribution < -0.4 is 5.32 Å². The first-order valence-electron chi connectivity index (χ1n) is 7.42. The fourth-order valence-electron chi connectivity index (χ4n) is 2.93. The van der Waals surface area contributed by atoms with Crippen molar-refractivity contribution in [3.63, 3.8) is 0 Å². The molecule has 1 aliphatic heterocycles. The number of nitrogens with zero attached hydrogens (tertiary/aromatic N) is 1. The van der Waals surface area contributed by atoms with Crippen molar-refractivity contribution < 1.29 is 5.11 Å². The van der Waals surface area contributed by atoms with E-state index in [1.54, 1.807) is 0 Å². The van der Waals surface area contributed by atoms with Gasteiger partial charge >= 0.3 is 0 Å². The van der Waals surface area contributed by atoms with Crippen LogP contribution in [-0.4, -0.2) is 36.2 Å². The zero-order valence-electron chi connectivity index (χ0n) is 12.6. The molecule has 0 saturated carbocycles. The van der Waals surface area contributed by atoms with Crippen LogP contribution in [0.5, 0.6) is 5.75 Å². The van der Waals surface area contributed by atoms with Crippen molar-refractivity contribution in [1.29, 1.82) is 0 Å². The van der Waals surface area contributed by atoms with Gasteiger partial charge in [-0.3, -0.25) is 4.90 Å². The van der Waals surface area contributed by atoms with Gasteiger partial charge in [-0.25, -0.2) is 0 Å². The number of phenolic OH excluding ortho intramolecular Hbond substituents is 1. The average molecular weight is 341 g/mol. The predicted molar refractivity (Wildman–Crippen MR) is 87.2 cm³/mol.